The van der Waals surface area contributed by atoms with Crippen molar-refractivity contribution in [2.24, 2.45) is 0 Å². The maximum atomic E-state index is 13.5. The van der Waals surface area contributed by atoms with E-state index in [1.807, 2.05) is 0 Å². The van der Waals surface area contributed by atoms with Gasteiger partial charge in [0.05, 0.1) is 4.92 Å². The summed E-state index contributed by atoms with van der Waals surface area (Å²) >= 11 is 0. The molecular weight excluding hydrogens is 218 g/mol. The SMILES string of the molecule is Cc1c(F)cc(NC2CC2)c([N+](=O)[O-])c1F. The molecule has 16 heavy (non-hydrogen) atoms. The van der Waals surface area contributed by atoms with Crippen LogP contribution in [0.4, 0.5) is 20.2 Å². The first-order valence-electron chi connectivity index (χ1n) is 4.90. The van der Waals surface area contributed by atoms with Gasteiger partial charge in [0.1, 0.15) is 11.5 Å². The summed E-state index contributed by atoms with van der Waals surface area (Å²) in [7, 11) is 0. The molecule has 0 atom stereocenters. The zero-order chi connectivity index (χ0) is 11.9. The molecule has 1 N–H and O–H groups in total. The van der Waals surface area contributed by atoms with Crippen molar-refractivity contribution >= 4 is 11.4 Å². The van der Waals surface area contributed by atoms with Gasteiger partial charge in [-0.25, -0.2) is 4.39 Å². The molecule has 1 saturated carbocycles. The highest BCUT2D eigenvalue weighted by Crippen LogP contribution is 2.35. The molecule has 1 fully saturated rings. The van der Waals surface area contributed by atoms with Gasteiger partial charge >= 0.3 is 5.69 Å². The van der Waals surface area contributed by atoms with E-state index in [0.29, 0.717) is 0 Å². The van der Waals surface area contributed by atoms with E-state index in [1.54, 1.807) is 0 Å². The van der Waals surface area contributed by atoms with E-state index >= 15 is 0 Å². The van der Waals surface area contributed by atoms with Crippen LogP contribution in [0.1, 0.15) is 18.4 Å². The highest BCUT2D eigenvalue weighted by Gasteiger charge is 2.29. The molecule has 0 aliphatic heterocycles. The molecule has 6 heteroatoms. The number of halogens is 2. The fourth-order valence-electron chi connectivity index (χ4n) is 1.44. The van der Waals surface area contributed by atoms with Crippen molar-refractivity contribution in [1.82, 2.24) is 0 Å². The number of anilines is 1. The Morgan fingerprint density at radius 3 is 2.62 bits per heavy atom. The Kier molecular flexibility index (Phi) is 2.49. The van der Waals surface area contributed by atoms with Crippen LogP contribution in [0.3, 0.4) is 0 Å². The topological polar surface area (TPSA) is 55.2 Å². The van der Waals surface area contributed by atoms with Gasteiger partial charge in [0.2, 0.25) is 5.82 Å². The highest BCUT2D eigenvalue weighted by molar-refractivity contribution is 5.64. The maximum absolute atomic E-state index is 13.5. The van der Waals surface area contributed by atoms with Gasteiger partial charge in [-0.1, -0.05) is 0 Å². The molecule has 1 aromatic rings. The minimum absolute atomic E-state index is 0.0758. The first-order valence-corrected chi connectivity index (χ1v) is 4.90. The van der Waals surface area contributed by atoms with E-state index in [9.17, 15) is 18.9 Å². The van der Waals surface area contributed by atoms with Crippen LogP contribution < -0.4 is 5.32 Å². The van der Waals surface area contributed by atoms with Crippen molar-refractivity contribution in [1.29, 1.82) is 0 Å². The average Bonchev–Trinajstić information content (AvgIpc) is 2.97. The van der Waals surface area contributed by atoms with Crippen LogP contribution in [0.15, 0.2) is 6.07 Å². The first kappa shape index (κ1) is 10.8. The number of hydrogen-bond donors (Lipinski definition) is 1. The molecule has 1 aromatic carbocycles. The summed E-state index contributed by atoms with van der Waals surface area (Å²) in [6.07, 6.45) is 1.74. The molecule has 0 spiro atoms. The smallest absolute Gasteiger partial charge is 0.328 e. The molecule has 2 rings (SSSR count). The Labute approximate surface area is 90.4 Å². The Balaban J connectivity index is 2.51. The molecule has 1 aliphatic rings. The monoisotopic (exact) mass is 228 g/mol. The Bertz CT molecular complexity index is 459. The molecule has 0 saturated heterocycles. The van der Waals surface area contributed by atoms with Crippen LogP contribution in [-0.2, 0) is 0 Å². The Morgan fingerprint density at radius 1 is 1.50 bits per heavy atom. The normalized spacial score (nSPS) is 14.9. The van der Waals surface area contributed by atoms with Crippen LogP contribution in [0.25, 0.3) is 0 Å². The van der Waals surface area contributed by atoms with Gasteiger partial charge in [-0.05, 0) is 19.8 Å². The van der Waals surface area contributed by atoms with Gasteiger partial charge in [-0.2, -0.15) is 4.39 Å². The van der Waals surface area contributed by atoms with E-state index in [-0.39, 0.29) is 17.3 Å². The lowest BCUT2D eigenvalue weighted by Gasteiger charge is -2.08. The molecular formula is C10H10F2N2O2. The molecule has 0 heterocycles. The van der Waals surface area contributed by atoms with E-state index in [2.05, 4.69) is 5.32 Å². The van der Waals surface area contributed by atoms with Crippen LogP contribution in [0.2, 0.25) is 0 Å². The van der Waals surface area contributed by atoms with Crippen molar-refractivity contribution in [3.8, 4) is 0 Å². The number of nitrogens with zero attached hydrogens (tertiary/aromatic N) is 1. The Morgan fingerprint density at radius 2 is 2.12 bits per heavy atom. The number of nitro benzene ring substituents is 1. The largest absolute Gasteiger partial charge is 0.377 e. The standard InChI is InChI=1S/C10H10F2N2O2/c1-5-7(11)4-8(13-6-2-3-6)10(9(5)12)14(15)16/h4,6,13H,2-3H2,1H3. The second-order valence-electron chi connectivity index (χ2n) is 3.87. The third-order valence-corrected chi connectivity index (χ3v) is 2.54. The quantitative estimate of drug-likeness (QED) is 0.639. The molecule has 4 nitrogen and oxygen atoms in total. The number of nitro groups is 1. The highest BCUT2D eigenvalue weighted by atomic mass is 19.1. The van der Waals surface area contributed by atoms with Crippen molar-refractivity contribution in [2.45, 2.75) is 25.8 Å². The van der Waals surface area contributed by atoms with Gasteiger partial charge in [-0.15, -0.1) is 0 Å². The van der Waals surface area contributed by atoms with Crippen molar-refractivity contribution in [2.75, 3.05) is 5.32 Å². The number of nitrogens with one attached hydrogen (secondary N) is 1. The Hall–Kier alpha value is -1.72. The fraction of sp³-hybridized carbons (Fsp3) is 0.400. The predicted octanol–water partition coefficient (Wildman–Crippen LogP) is 2.76. The summed E-state index contributed by atoms with van der Waals surface area (Å²) in [5, 5.41) is 13.5. The minimum Gasteiger partial charge on any atom is -0.377 e. The summed E-state index contributed by atoms with van der Waals surface area (Å²) < 4.78 is 26.8. The predicted molar refractivity (Wildman–Crippen MR) is 54.4 cm³/mol. The maximum Gasteiger partial charge on any atom is 0.328 e. The van der Waals surface area contributed by atoms with E-state index in [0.717, 1.165) is 18.9 Å². The van der Waals surface area contributed by atoms with Crippen LogP contribution in [0, 0.1) is 28.7 Å². The van der Waals surface area contributed by atoms with E-state index in [1.165, 1.54) is 6.92 Å². The van der Waals surface area contributed by atoms with Gasteiger partial charge < -0.3 is 5.32 Å². The molecule has 0 unspecified atom stereocenters. The molecule has 1 aliphatic carbocycles. The van der Waals surface area contributed by atoms with Gasteiger partial charge in [0.15, 0.2) is 0 Å². The summed E-state index contributed by atoms with van der Waals surface area (Å²) in [5.41, 5.74) is -1.08. The molecule has 0 aromatic heterocycles. The number of hydrogen-bond acceptors (Lipinski definition) is 3. The second kappa shape index (κ2) is 3.70. The van der Waals surface area contributed by atoms with Crippen molar-refractivity contribution in [3.63, 3.8) is 0 Å². The van der Waals surface area contributed by atoms with Gasteiger partial charge in [0.25, 0.3) is 0 Å². The summed E-state index contributed by atoms with van der Waals surface area (Å²) in [6.45, 7) is 1.18. The number of rotatable bonds is 3. The lowest BCUT2D eigenvalue weighted by atomic mass is 10.1. The molecule has 0 bridgehead atoms. The van der Waals surface area contributed by atoms with E-state index in [4.69, 9.17) is 0 Å². The molecule has 0 radical (unpaired) electrons. The van der Waals surface area contributed by atoms with Gasteiger partial charge in [0, 0.05) is 17.7 Å². The number of benzene rings is 1. The zero-order valence-corrected chi connectivity index (χ0v) is 8.59. The molecule has 0 amide bonds. The fourth-order valence-corrected chi connectivity index (χ4v) is 1.44. The van der Waals surface area contributed by atoms with Gasteiger partial charge in [-0.3, -0.25) is 10.1 Å². The van der Waals surface area contributed by atoms with Crippen LogP contribution in [-0.4, -0.2) is 11.0 Å². The summed E-state index contributed by atoms with van der Waals surface area (Å²) in [6, 6.07) is 1.08. The zero-order valence-electron chi connectivity index (χ0n) is 8.59. The third-order valence-electron chi connectivity index (χ3n) is 2.54. The van der Waals surface area contributed by atoms with Crippen LogP contribution in [0.5, 0.6) is 0 Å². The van der Waals surface area contributed by atoms with E-state index < -0.39 is 22.2 Å². The van der Waals surface area contributed by atoms with Crippen LogP contribution >= 0.6 is 0 Å². The third kappa shape index (κ3) is 1.82. The second-order valence-corrected chi connectivity index (χ2v) is 3.87. The lowest BCUT2D eigenvalue weighted by Crippen LogP contribution is -2.08. The minimum atomic E-state index is -1.10. The average molecular weight is 228 g/mol. The lowest BCUT2D eigenvalue weighted by molar-refractivity contribution is -0.386. The van der Waals surface area contributed by atoms with Crippen molar-refractivity contribution in [3.05, 3.63) is 33.4 Å². The van der Waals surface area contributed by atoms with Crippen molar-refractivity contribution < 1.29 is 13.7 Å². The first-order chi connectivity index (χ1) is 7.50. The summed E-state index contributed by atoms with van der Waals surface area (Å²) in [4.78, 5) is 9.88. The summed E-state index contributed by atoms with van der Waals surface area (Å²) in [5.74, 6) is -1.88. The molecule has 86 valence electrons.